The van der Waals surface area contributed by atoms with Crippen LogP contribution in [0.3, 0.4) is 0 Å². The fourth-order valence-corrected chi connectivity index (χ4v) is 13.0. The molecule has 12 aromatic heterocycles. The minimum atomic E-state index is -10.7. The molecule has 0 amide bonds. The molecular formula is C84H68Cl2F18N16P3Ru2-3. The number of aromatic amines is 4. The van der Waals surface area contributed by atoms with Gasteiger partial charge < -0.3 is 19.9 Å². The summed E-state index contributed by atoms with van der Waals surface area (Å²) in [5.41, 5.74) is 26.3. The van der Waals surface area contributed by atoms with E-state index in [0.29, 0.717) is 0 Å². The molecule has 20 rings (SSSR count). The number of nitrogens with one attached hydrogen (secondary N) is 4. The van der Waals surface area contributed by atoms with E-state index in [-0.39, 0.29) is 34.6 Å². The Kier molecular flexibility index (Phi) is 27.4. The molecule has 0 radical (unpaired) electrons. The second-order valence-electron chi connectivity index (χ2n) is 27.5. The average molecular weight is 2010 g/mol. The Bertz CT molecular complexity index is 6100. The van der Waals surface area contributed by atoms with Crippen molar-refractivity contribution >= 4 is 174 Å². The monoisotopic (exact) mass is 2010 g/mol. The van der Waals surface area contributed by atoms with Crippen LogP contribution in [0.4, 0.5) is 75.5 Å². The summed E-state index contributed by atoms with van der Waals surface area (Å²) in [5, 5.41) is 9.60. The van der Waals surface area contributed by atoms with Crippen molar-refractivity contribution in [3.05, 3.63) is 288 Å². The molecule has 0 saturated heterocycles. The Morgan fingerprint density at radius 2 is 0.336 bits per heavy atom. The summed E-state index contributed by atoms with van der Waals surface area (Å²) < 4.78 is 178. The number of rotatable bonds is 2. The second kappa shape index (κ2) is 35.7. The minimum absolute atomic E-state index is 0. The van der Waals surface area contributed by atoms with Gasteiger partial charge in [0.25, 0.3) is 0 Å². The molecule has 0 unspecified atom stereocenters. The van der Waals surface area contributed by atoms with E-state index in [1.807, 2.05) is 195 Å². The van der Waals surface area contributed by atoms with E-state index >= 15 is 0 Å². The zero-order chi connectivity index (χ0) is 90.3. The summed E-state index contributed by atoms with van der Waals surface area (Å²) in [6, 6.07) is 64.5. The van der Waals surface area contributed by atoms with Crippen LogP contribution in [0.5, 0.6) is 0 Å². The van der Waals surface area contributed by atoms with Crippen molar-refractivity contribution in [2.24, 2.45) is 0 Å². The van der Waals surface area contributed by atoms with Gasteiger partial charge in [-0.1, -0.05) is 97.1 Å². The molecule has 20 aromatic rings. The van der Waals surface area contributed by atoms with Crippen LogP contribution >= 0.6 is 42.8 Å². The number of H-pyrrole nitrogens is 4. The van der Waals surface area contributed by atoms with Crippen LogP contribution in [-0.4, -0.2) is 79.7 Å². The molecule has 0 bridgehead atoms. The molecule has 0 aliphatic heterocycles. The summed E-state index contributed by atoms with van der Waals surface area (Å²) >= 11 is -0.346. The molecule has 12 heterocycles. The first kappa shape index (κ1) is 96.0. The number of para-hydroxylation sites is 8. The summed E-state index contributed by atoms with van der Waals surface area (Å²) in [4.78, 5) is 66.8. The van der Waals surface area contributed by atoms with Crippen molar-refractivity contribution < 1.29 is 110 Å². The molecule has 4 N–H and O–H groups in total. The van der Waals surface area contributed by atoms with Crippen molar-refractivity contribution in [1.29, 1.82) is 0 Å². The van der Waals surface area contributed by atoms with Gasteiger partial charge >= 0.3 is 133 Å². The molecule has 41 heteroatoms. The first-order chi connectivity index (χ1) is 57.7. The zero-order valence-electron chi connectivity index (χ0n) is 66.1. The Morgan fingerprint density at radius 3 is 0.456 bits per heavy atom. The first-order valence-corrected chi connectivity index (χ1v) is 47.0. The number of pyridine rings is 8. The number of halogens is 20. The number of hydrogen-bond acceptors (Lipinski definition) is 12. The Labute approximate surface area is 726 Å². The molecule has 0 aliphatic carbocycles. The summed E-state index contributed by atoms with van der Waals surface area (Å²) in [6.07, 6.45) is 14.6. The quantitative estimate of drug-likeness (QED) is 0.0550. The van der Waals surface area contributed by atoms with Crippen LogP contribution in [0.1, 0.15) is 44.5 Å². The van der Waals surface area contributed by atoms with Crippen LogP contribution in [0.15, 0.2) is 244 Å². The Balaban J connectivity index is 0.000000149. The third-order valence-electron chi connectivity index (χ3n) is 18.8. The van der Waals surface area contributed by atoms with Crippen LogP contribution in [0, 0.1) is 55.4 Å². The predicted molar refractivity (Wildman–Crippen MR) is 461 cm³/mol. The molecule has 16 nitrogen and oxygen atoms in total. The fourth-order valence-electron chi connectivity index (χ4n) is 13.0. The average Bonchev–Trinajstić information content (AvgIpc) is 1.48. The van der Waals surface area contributed by atoms with E-state index < -0.39 is 23.4 Å². The second-order valence-corrected chi connectivity index (χ2v) is 35.9. The van der Waals surface area contributed by atoms with Gasteiger partial charge in [0.15, 0.2) is 23.3 Å². The maximum Gasteiger partial charge on any atom is 0.174 e. The molecule has 0 spiro atoms. The molecule has 125 heavy (non-hydrogen) atoms. The van der Waals surface area contributed by atoms with Gasteiger partial charge in [-0.2, -0.15) is 0 Å². The number of imidazole rings is 4. The largest absolute Gasteiger partial charge is 0.335 e. The van der Waals surface area contributed by atoms with Gasteiger partial charge in [0.05, 0.1) is 88.3 Å². The minimum Gasteiger partial charge on any atom is -0.335 e. The molecule has 658 valence electrons. The number of nitrogens with zero attached hydrogens (tertiary/aromatic N) is 12. The van der Waals surface area contributed by atoms with E-state index in [9.17, 15) is 75.5 Å². The first-order valence-electron chi connectivity index (χ1n) is 36.4. The van der Waals surface area contributed by atoms with Gasteiger partial charge in [0.1, 0.15) is 0 Å². The van der Waals surface area contributed by atoms with Crippen LogP contribution in [-0.2, 0) is 34.6 Å². The number of aryl methyl sites for hydroxylation is 8. The third kappa shape index (κ3) is 27.4. The van der Waals surface area contributed by atoms with E-state index in [2.05, 4.69) is 184 Å². The van der Waals surface area contributed by atoms with Gasteiger partial charge in [-0.05, 0) is 197 Å². The number of hydrogen-bond donors (Lipinski definition) is 4. The van der Waals surface area contributed by atoms with E-state index in [1.165, 1.54) is 87.6 Å². The van der Waals surface area contributed by atoms with Crippen LogP contribution < -0.4 is 0 Å². The molecule has 0 aliphatic rings. The molecule has 0 fully saturated rings. The number of fused-ring (bicyclic) bond motifs is 16. The maximum absolute atomic E-state index is 10.7. The number of benzene rings is 8. The van der Waals surface area contributed by atoms with Crippen molar-refractivity contribution in [1.82, 2.24) is 79.7 Å². The SMILES string of the molecule is Cc1c(C)c2cccnc2c2ncccc12.Cc1c(C)c2cccnc2c2ncccc12.Cc1c(C)c2cccnc2c2ncccc12.Cc1c(C)c2cccnc2c2ncccc12.F[P-](F)(F)(F)(F)F.F[P-](F)(F)(F)(F)F.F[P-](F)(F)(F)(F)F.[Cl][Ru][Cl].[Ru].c1ccc2[nH]c(-c3nc4ccccc4[nH]3)nc2c1.c1ccc2[nH]c(-c3nc4ccccc4[nH]3)nc2c1. The standard InChI is InChI=1S/2C14H10N4.4C14H12N2.2ClH.3F6P.2Ru/c2*1-2-6-10-9(5-1)15-13(16-10)14-17-11-7-3-4-8-12(11)18-14;4*1-9-10(2)12-6-4-8-16-14(12)13-11(9)5-3-7-15-13;;;3*1-7(2,3,4,5)6;;/h2*1-8H,(H,15,16)(H,17,18);4*3-8H,1-2H3;2*1H;;;;;/q;;;;;;;;3*-1;;+2/p-2. The van der Waals surface area contributed by atoms with Crippen LogP contribution in [0.25, 0.3) is 155 Å². The summed E-state index contributed by atoms with van der Waals surface area (Å²) in [7, 11) is -22.3. The van der Waals surface area contributed by atoms with E-state index in [1.54, 1.807) is 0 Å². The topological polar surface area (TPSA) is 218 Å². The Morgan fingerprint density at radius 1 is 0.216 bits per heavy atom. The smallest absolute Gasteiger partial charge is 0.174 e. The fraction of sp³-hybridized carbons (Fsp3) is 0.0952. The van der Waals surface area contributed by atoms with Crippen LogP contribution in [0.2, 0.25) is 0 Å². The van der Waals surface area contributed by atoms with Gasteiger partial charge in [0, 0.05) is 112 Å². The maximum atomic E-state index is 9.87. The molecule has 0 saturated carbocycles. The van der Waals surface area contributed by atoms with E-state index in [4.69, 9.17) is 19.4 Å². The van der Waals surface area contributed by atoms with Gasteiger partial charge in [-0.25, -0.2) is 19.9 Å². The zero-order valence-corrected chi connectivity index (χ0v) is 73.7. The van der Waals surface area contributed by atoms with Gasteiger partial charge in [0.2, 0.25) is 0 Å². The molecule has 8 aromatic carbocycles. The van der Waals surface area contributed by atoms with E-state index in [0.717, 1.165) is 112 Å². The van der Waals surface area contributed by atoms with Crippen molar-refractivity contribution in [3.8, 4) is 23.3 Å². The van der Waals surface area contributed by atoms with Gasteiger partial charge in [-0.15, -0.1) is 0 Å². The molecule has 0 atom stereocenters. The number of aromatic nitrogens is 16. The third-order valence-corrected chi connectivity index (χ3v) is 18.8. The van der Waals surface area contributed by atoms with Gasteiger partial charge in [-0.3, -0.25) is 39.9 Å². The van der Waals surface area contributed by atoms with Crippen molar-refractivity contribution in [3.63, 3.8) is 0 Å². The van der Waals surface area contributed by atoms with Crippen molar-refractivity contribution in [2.45, 2.75) is 55.4 Å². The normalized spacial score (nSPS) is 13.0. The van der Waals surface area contributed by atoms with Crippen molar-refractivity contribution in [2.75, 3.05) is 0 Å². The molecular weight excluding hydrogens is 1940 g/mol. The summed E-state index contributed by atoms with van der Waals surface area (Å²) in [5.74, 6) is 3.08. The summed E-state index contributed by atoms with van der Waals surface area (Å²) in [6.45, 7) is 17.2. The predicted octanol–water partition coefficient (Wildman–Crippen LogP) is 31.3. The Hall–Kier alpha value is -11.2.